The maximum atomic E-state index is 11.2. The standard InChI is InChI=1S/C18H26O/c1-11-8-15-16(9-14(11)10-19)18(6,7)13(3)12(2)17(15,4)5/h8-10,12-13H,1-7H3. The number of hydrogen-bond acceptors (Lipinski definition) is 1. The van der Waals surface area contributed by atoms with Crippen LogP contribution in [0.4, 0.5) is 0 Å². The van der Waals surface area contributed by atoms with Gasteiger partial charge in [0.05, 0.1) is 0 Å². The van der Waals surface area contributed by atoms with Gasteiger partial charge in [-0.3, -0.25) is 4.79 Å². The van der Waals surface area contributed by atoms with Gasteiger partial charge in [0, 0.05) is 5.56 Å². The fraction of sp³-hybridized carbons (Fsp3) is 0.611. The quantitative estimate of drug-likeness (QED) is 0.670. The summed E-state index contributed by atoms with van der Waals surface area (Å²) in [6.45, 7) is 16.0. The minimum atomic E-state index is 0.121. The molecule has 2 atom stereocenters. The highest BCUT2D eigenvalue weighted by atomic mass is 16.1. The van der Waals surface area contributed by atoms with E-state index in [0.29, 0.717) is 11.8 Å². The van der Waals surface area contributed by atoms with Gasteiger partial charge in [0.25, 0.3) is 0 Å². The van der Waals surface area contributed by atoms with Crippen molar-refractivity contribution >= 4 is 6.29 Å². The van der Waals surface area contributed by atoms with E-state index < -0.39 is 0 Å². The van der Waals surface area contributed by atoms with Crippen molar-refractivity contribution in [2.75, 3.05) is 0 Å². The lowest BCUT2D eigenvalue weighted by atomic mass is 9.53. The van der Waals surface area contributed by atoms with Crippen LogP contribution < -0.4 is 0 Å². The molecule has 19 heavy (non-hydrogen) atoms. The van der Waals surface area contributed by atoms with E-state index >= 15 is 0 Å². The molecule has 104 valence electrons. The van der Waals surface area contributed by atoms with Gasteiger partial charge in [-0.1, -0.05) is 47.6 Å². The molecule has 0 saturated heterocycles. The summed E-state index contributed by atoms with van der Waals surface area (Å²) in [5.74, 6) is 1.22. The van der Waals surface area contributed by atoms with Gasteiger partial charge < -0.3 is 0 Å². The monoisotopic (exact) mass is 258 g/mol. The minimum absolute atomic E-state index is 0.121. The zero-order valence-electron chi connectivity index (χ0n) is 13.3. The van der Waals surface area contributed by atoms with Gasteiger partial charge in [0.2, 0.25) is 0 Å². The van der Waals surface area contributed by atoms with E-state index in [1.54, 1.807) is 0 Å². The van der Waals surface area contributed by atoms with Crippen LogP contribution >= 0.6 is 0 Å². The lowest BCUT2D eigenvalue weighted by Gasteiger charge is -2.51. The summed E-state index contributed by atoms with van der Waals surface area (Å²) >= 11 is 0. The normalized spacial score (nSPS) is 27.7. The highest BCUT2D eigenvalue weighted by Crippen LogP contribution is 2.52. The van der Waals surface area contributed by atoms with Gasteiger partial charge in [-0.2, -0.15) is 0 Å². The molecule has 1 heteroatoms. The smallest absolute Gasteiger partial charge is 0.150 e. The van der Waals surface area contributed by atoms with Crippen LogP contribution in [-0.4, -0.2) is 6.29 Å². The highest BCUT2D eigenvalue weighted by molar-refractivity contribution is 5.78. The number of aryl methyl sites for hydroxylation is 1. The van der Waals surface area contributed by atoms with Gasteiger partial charge in [0.1, 0.15) is 6.29 Å². The largest absolute Gasteiger partial charge is 0.298 e. The lowest BCUT2D eigenvalue weighted by molar-refractivity contribution is 0.112. The molecule has 0 aliphatic heterocycles. The Bertz CT molecular complexity index is 523. The highest BCUT2D eigenvalue weighted by Gasteiger charge is 2.47. The van der Waals surface area contributed by atoms with E-state index in [9.17, 15) is 4.79 Å². The van der Waals surface area contributed by atoms with E-state index in [2.05, 4.69) is 53.7 Å². The summed E-state index contributed by atoms with van der Waals surface area (Å²) in [4.78, 5) is 11.2. The first-order chi connectivity index (χ1) is 8.64. The molecule has 0 saturated carbocycles. The first-order valence-corrected chi connectivity index (χ1v) is 7.24. The Morgan fingerprint density at radius 1 is 0.947 bits per heavy atom. The van der Waals surface area contributed by atoms with Crippen molar-refractivity contribution in [2.45, 2.75) is 59.3 Å². The molecule has 0 heterocycles. The van der Waals surface area contributed by atoms with E-state index in [0.717, 1.165) is 17.4 Å². The number of carbonyl (C=O) groups excluding carboxylic acids is 1. The van der Waals surface area contributed by atoms with E-state index in [4.69, 9.17) is 0 Å². The van der Waals surface area contributed by atoms with Crippen molar-refractivity contribution in [1.82, 2.24) is 0 Å². The van der Waals surface area contributed by atoms with Gasteiger partial charge in [-0.05, 0) is 52.3 Å². The van der Waals surface area contributed by atoms with Gasteiger partial charge in [-0.25, -0.2) is 0 Å². The predicted molar refractivity (Wildman–Crippen MR) is 80.9 cm³/mol. The van der Waals surface area contributed by atoms with Crippen LogP contribution in [0.5, 0.6) is 0 Å². The molecule has 0 radical (unpaired) electrons. The molecule has 0 bridgehead atoms. The summed E-state index contributed by atoms with van der Waals surface area (Å²) < 4.78 is 0. The molecule has 0 N–H and O–H groups in total. The number of aldehydes is 1. The molecule has 2 rings (SSSR count). The number of rotatable bonds is 1. The number of fused-ring (bicyclic) bond motifs is 1. The SMILES string of the molecule is Cc1cc2c(cc1C=O)C(C)(C)C(C)C(C)C2(C)C. The molecule has 1 nitrogen and oxygen atoms in total. The fourth-order valence-electron chi connectivity index (χ4n) is 3.66. The molecule has 0 amide bonds. The maximum Gasteiger partial charge on any atom is 0.150 e. The van der Waals surface area contributed by atoms with Crippen LogP contribution in [0, 0.1) is 18.8 Å². The van der Waals surface area contributed by atoms with Crippen LogP contribution in [0.3, 0.4) is 0 Å². The van der Waals surface area contributed by atoms with Crippen LogP contribution in [-0.2, 0) is 10.8 Å². The van der Waals surface area contributed by atoms with E-state index in [1.807, 2.05) is 6.92 Å². The average molecular weight is 258 g/mol. The summed E-state index contributed by atoms with van der Waals surface area (Å²) in [7, 11) is 0. The van der Waals surface area contributed by atoms with Crippen molar-refractivity contribution < 1.29 is 4.79 Å². The Kier molecular flexibility index (Phi) is 3.16. The van der Waals surface area contributed by atoms with Crippen molar-refractivity contribution in [1.29, 1.82) is 0 Å². The molecule has 1 aromatic carbocycles. The Morgan fingerprint density at radius 3 is 1.79 bits per heavy atom. The van der Waals surface area contributed by atoms with Crippen molar-refractivity contribution in [3.8, 4) is 0 Å². The van der Waals surface area contributed by atoms with Crippen molar-refractivity contribution in [3.63, 3.8) is 0 Å². The fourth-order valence-corrected chi connectivity index (χ4v) is 3.66. The molecule has 1 aliphatic carbocycles. The van der Waals surface area contributed by atoms with Crippen LogP contribution in [0.15, 0.2) is 12.1 Å². The molecule has 0 fully saturated rings. The van der Waals surface area contributed by atoms with Crippen molar-refractivity contribution in [2.24, 2.45) is 11.8 Å². The van der Waals surface area contributed by atoms with Gasteiger partial charge in [-0.15, -0.1) is 0 Å². The maximum absolute atomic E-state index is 11.2. The molecular weight excluding hydrogens is 232 g/mol. The van der Waals surface area contributed by atoms with Crippen LogP contribution in [0.2, 0.25) is 0 Å². The van der Waals surface area contributed by atoms with Crippen LogP contribution in [0.25, 0.3) is 0 Å². The topological polar surface area (TPSA) is 17.1 Å². The summed E-state index contributed by atoms with van der Waals surface area (Å²) in [5, 5.41) is 0. The zero-order chi connectivity index (χ0) is 14.6. The van der Waals surface area contributed by atoms with Crippen LogP contribution in [0.1, 0.15) is 68.6 Å². The first kappa shape index (κ1) is 14.3. The predicted octanol–water partition coefficient (Wildman–Crippen LogP) is 4.65. The third-order valence-corrected chi connectivity index (χ3v) is 5.95. The van der Waals surface area contributed by atoms with E-state index in [-0.39, 0.29) is 10.8 Å². The first-order valence-electron chi connectivity index (χ1n) is 7.24. The molecular formula is C18H26O. The molecule has 0 aromatic heterocycles. The summed E-state index contributed by atoms with van der Waals surface area (Å²) in [5.41, 5.74) is 5.00. The van der Waals surface area contributed by atoms with E-state index in [1.165, 1.54) is 11.1 Å². The second-order valence-electron chi connectivity index (χ2n) is 7.39. The second-order valence-corrected chi connectivity index (χ2v) is 7.39. The third-order valence-electron chi connectivity index (χ3n) is 5.95. The zero-order valence-corrected chi connectivity index (χ0v) is 13.3. The third kappa shape index (κ3) is 1.86. The Balaban J connectivity index is 2.80. The Morgan fingerprint density at radius 2 is 1.37 bits per heavy atom. The molecule has 0 spiro atoms. The molecule has 1 aliphatic rings. The Hall–Kier alpha value is -1.11. The van der Waals surface area contributed by atoms with Gasteiger partial charge in [0.15, 0.2) is 0 Å². The summed E-state index contributed by atoms with van der Waals surface area (Å²) in [6.07, 6.45) is 0.987. The molecule has 1 aromatic rings. The summed E-state index contributed by atoms with van der Waals surface area (Å²) in [6, 6.07) is 4.37. The van der Waals surface area contributed by atoms with Gasteiger partial charge >= 0.3 is 0 Å². The average Bonchev–Trinajstić information content (AvgIpc) is 2.34. The number of carbonyl (C=O) groups is 1. The lowest BCUT2D eigenvalue weighted by Crippen LogP contribution is -2.46. The van der Waals surface area contributed by atoms with Crippen molar-refractivity contribution in [3.05, 3.63) is 34.4 Å². The Labute approximate surface area is 117 Å². The molecule has 2 unspecified atom stereocenters. The second kappa shape index (κ2) is 4.19. The minimum Gasteiger partial charge on any atom is -0.298 e. The number of benzene rings is 1. The number of hydrogen-bond donors (Lipinski definition) is 0.